The van der Waals surface area contributed by atoms with E-state index in [0.29, 0.717) is 40.3 Å². The van der Waals surface area contributed by atoms with Crippen molar-refractivity contribution in [2.45, 2.75) is 70.3 Å². The van der Waals surface area contributed by atoms with E-state index in [1.165, 1.54) is 32.5 Å². The van der Waals surface area contributed by atoms with Crippen molar-refractivity contribution in [3.63, 3.8) is 0 Å². The van der Waals surface area contributed by atoms with E-state index in [1.54, 1.807) is 18.3 Å². The highest BCUT2D eigenvalue weighted by molar-refractivity contribution is 7.90. The van der Waals surface area contributed by atoms with Gasteiger partial charge in [-0.2, -0.15) is 12.7 Å². The lowest BCUT2D eigenvalue weighted by Crippen LogP contribution is -2.53. The number of alkyl halides is 1. The Morgan fingerprint density at radius 3 is 2.26 bits per heavy atom. The van der Waals surface area contributed by atoms with Gasteiger partial charge in [-0.25, -0.2) is 27.7 Å². The number of ketones is 1. The van der Waals surface area contributed by atoms with Crippen LogP contribution in [0.4, 0.5) is 24.5 Å². The molecule has 0 amide bonds. The summed E-state index contributed by atoms with van der Waals surface area (Å²) in [5.41, 5.74) is 1.50. The van der Waals surface area contributed by atoms with Crippen molar-refractivity contribution >= 4 is 50.3 Å². The number of anilines is 2. The average molecular weight is 917 g/mol. The largest absolute Gasteiger partial charge is 0.490 e. The van der Waals surface area contributed by atoms with Crippen LogP contribution in [0.3, 0.4) is 0 Å². The molecular weight excluding hydrogens is 866 g/mol. The molecule has 2 N–H and O–H groups in total. The Morgan fingerprint density at radius 1 is 0.892 bits per heavy atom. The molecule has 1 saturated carbocycles. The van der Waals surface area contributed by atoms with Gasteiger partial charge in [-0.15, -0.1) is 0 Å². The Labute approximate surface area is 375 Å². The topological polar surface area (TPSA) is 163 Å². The van der Waals surface area contributed by atoms with E-state index in [4.69, 9.17) is 14.2 Å². The maximum Gasteiger partial charge on any atom is 0.338 e. The molecule has 65 heavy (non-hydrogen) atoms. The van der Waals surface area contributed by atoms with Gasteiger partial charge in [0.05, 0.1) is 36.6 Å². The molecule has 2 saturated heterocycles. The number of hydrogen-bond acceptors (Lipinski definition) is 11. The van der Waals surface area contributed by atoms with Gasteiger partial charge in [0.25, 0.3) is 0 Å². The van der Waals surface area contributed by atoms with E-state index in [-0.39, 0.29) is 42.3 Å². The predicted octanol–water partition coefficient (Wildman–Crippen LogP) is 7.55. The summed E-state index contributed by atoms with van der Waals surface area (Å²) in [5.74, 6) is -3.81. The monoisotopic (exact) mass is 916 g/mol. The Morgan fingerprint density at radius 2 is 1.60 bits per heavy atom. The summed E-state index contributed by atoms with van der Waals surface area (Å²) in [6, 6.07) is 16.9. The highest BCUT2D eigenvalue weighted by Gasteiger charge is 2.38. The van der Waals surface area contributed by atoms with Gasteiger partial charge in [-0.1, -0.05) is 12.1 Å². The number of aromatic nitrogens is 2. The zero-order chi connectivity index (χ0) is 46.2. The van der Waals surface area contributed by atoms with E-state index in [9.17, 15) is 27.2 Å². The molecule has 4 heterocycles. The molecule has 0 bridgehead atoms. The number of esters is 2. The van der Waals surface area contributed by atoms with Crippen LogP contribution in [0.1, 0.15) is 82.6 Å². The number of pyridine rings is 1. The third kappa shape index (κ3) is 9.56. The molecule has 0 spiro atoms. The SMILES string of the molecule is COC(=O)c1ccc(OC2CC(N(CC3CCN(c4ccc(-c5cnc6[nH]cc(C(=O)c7c(F)ccc(NS(=O)(=O)N8CCC(F)C8)c7F)c6c5)cc4)CC3)C(C)C)C2)cc1C(=O)OC. The van der Waals surface area contributed by atoms with Crippen LogP contribution in [0.2, 0.25) is 0 Å². The zero-order valence-electron chi connectivity index (χ0n) is 36.5. The molecule has 1 unspecified atom stereocenters. The second-order valence-corrected chi connectivity index (χ2v) is 18.8. The second kappa shape index (κ2) is 18.9. The standard InChI is InChI=1S/C47H51F3N6O8S/c1-27(2)56(33-20-35(21-33)64-34-9-10-36(46(58)62-3)38(22-34)47(59)63-4)25-28-13-16-54(17-14-28)32-7-5-29(6-8-32)30-19-37-39(24-52-45(37)51-23-30)44(57)42-40(49)11-12-41(43(42)50)53-65(60,61)55-18-15-31(48)26-55/h5-12,19,22-24,27-28,31,33,35,53H,13-18,20-21,25-26H2,1-4H3,(H,51,52). The van der Waals surface area contributed by atoms with Crippen molar-refractivity contribution in [3.8, 4) is 16.9 Å². The summed E-state index contributed by atoms with van der Waals surface area (Å²) in [6.45, 7) is 6.72. The van der Waals surface area contributed by atoms with Crippen molar-refractivity contribution in [2.24, 2.45) is 5.92 Å². The van der Waals surface area contributed by atoms with Gasteiger partial charge in [0.1, 0.15) is 29.5 Å². The van der Waals surface area contributed by atoms with Crippen molar-refractivity contribution in [2.75, 3.05) is 56.6 Å². The Bertz CT molecular complexity index is 2700. The fourth-order valence-electron chi connectivity index (χ4n) is 9.01. The lowest BCUT2D eigenvalue weighted by Gasteiger charge is -2.46. The number of hydrogen-bond donors (Lipinski definition) is 2. The van der Waals surface area contributed by atoms with Crippen LogP contribution in [-0.4, -0.2) is 117 Å². The van der Waals surface area contributed by atoms with Crippen molar-refractivity contribution in [1.82, 2.24) is 19.2 Å². The quantitative estimate of drug-likeness (QED) is 0.0788. The first-order valence-corrected chi connectivity index (χ1v) is 23.1. The average Bonchev–Trinajstić information content (AvgIpc) is 3.94. The molecule has 5 aromatic rings. The Balaban J connectivity index is 0.874. The Hall–Kier alpha value is -5.98. The van der Waals surface area contributed by atoms with Gasteiger partial charge in [-0.3, -0.25) is 14.4 Å². The van der Waals surface area contributed by atoms with E-state index in [0.717, 1.165) is 73.0 Å². The van der Waals surface area contributed by atoms with Gasteiger partial charge < -0.3 is 24.1 Å². The first kappa shape index (κ1) is 45.6. The number of benzene rings is 3. The lowest BCUT2D eigenvalue weighted by molar-refractivity contribution is -0.00664. The van der Waals surface area contributed by atoms with Gasteiger partial charge in [0.15, 0.2) is 5.82 Å². The van der Waals surface area contributed by atoms with Crippen LogP contribution in [0.5, 0.6) is 5.75 Å². The van der Waals surface area contributed by atoms with Crippen LogP contribution in [0.25, 0.3) is 22.2 Å². The third-order valence-electron chi connectivity index (χ3n) is 12.7. The van der Waals surface area contributed by atoms with E-state index < -0.39 is 57.0 Å². The molecule has 18 heteroatoms. The number of nitrogens with one attached hydrogen (secondary N) is 2. The first-order chi connectivity index (χ1) is 31.1. The summed E-state index contributed by atoms with van der Waals surface area (Å²) >= 11 is 0. The molecule has 14 nitrogen and oxygen atoms in total. The number of carbonyl (C=O) groups excluding carboxylic acids is 3. The number of fused-ring (bicyclic) bond motifs is 1. The first-order valence-electron chi connectivity index (χ1n) is 21.6. The number of carbonyl (C=O) groups is 3. The van der Waals surface area contributed by atoms with Crippen LogP contribution < -0.4 is 14.4 Å². The van der Waals surface area contributed by atoms with Gasteiger partial charge in [-0.05, 0) is 93.1 Å². The normalized spacial score (nSPS) is 19.4. The number of nitrogens with zero attached hydrogens (tertiary/aromatic N) is 4. The number of H-pyrrole nitrogens is 1. The minimum Gasteiger partial charge on any atom is -0.490 e. The smallest absolute Gasteiger partial charge is 0.338 e. The number of rotatable bonds is 15. The highest BCUT2D eigenvalue weighted by Crippen LogP contribution is 2.36. The molecule has 1 atom stereocenters. The summed E-state index contributed by atoms with van der Waals surface area (Å²) in [6.07, 6.45) is 5.34. The molecular formula is C47H51F3N6O8S. The highest BCUT2D eigenvalue weighted by atomic mass is 32.2. The van der Waals surface area contributed by atoms with Crippen molar-refractivity contribution in [3.05, 3.63) is 107 Å². The van der Waals surface area contributed by atoms with Gasteiger partial charge >= 0.3 is 22.1 Å². The summed E-state index contributed by atoms with van der Waals surface area (Å²) in [4.78, 5) is 50.6. The van der Waals surface area contributed by atoms with Crippen molar-refractivity contribution in [1.29, 1.82) is 0 Å². The molecule has 2 aliphatic heterocycles. The number of piperidine rings is 1. The number of aromatic amines is 1. The molecule has 3 fully saturated rings. The minimum absolute atomic E-state index is 0.00169. The fraction of sp³-hybridized carbons (Fsp3) is 0.404. The van der Waals surface area contributed by atoms with Crippen LogP contribution >= 0.6 is 0 Å². The summed E-state index contributed by atoms with van der Waals surface area (Å²) < 4.78 is 89.0. The number of halogens is 3. The second-order valence-electron chi connectivity index (χ2n) is 17.1. The maximum atomic E-state index is 15.8. The lowest BCUT2D eigenvalue weighted by atomic mass is 9.85. The van der Waals surface area contributed by atoms with Crippen LogP contribution in [0, 0.1) is 17.6 Å². The van der Waals surface area contributed by atoms with Crippen LogP contribution in [-0.2, 0) is 19.7 Å². The minimum atomic E-state index is -4.36. The summed E-state index contributed by atoms with van der Waals surface area (Å²) in [5, 5.41) is 0.329. The van der Waals surface area contributed by atoms with Crippen molar-refractivity contribution < 1.29 is 50.2 Å². The molecule has 3 aromatic carbocycles. The molecule has 2 aromatic heterocycles. The fourth-order valence-corrected chi connectivity index (χ4v) is 10.3. The van der Waals surface area contributed by atoms with Crippen LogP contribution in [0.15, 0.2) is 73.1 Å². The number of methoxy groups -OCH3 is 2. The molecule has 1 aliphatic carbocycles. The Kier molecular flexibility index (Phi) is 13.2. The number of ether oxygens (including phenoxy) is 3. The predicted molar refractivity (Wildman–Crippen MR) is 238 cm³/mol. The molecule has 8 rings (SSSR count). The third-order valence-corrected chi connectivity index (χ3v) is 14.2. The van der Waals surface area contributed by atoms with E-state index >= 15 is 8.78 Å². The maximum absolute atomic E-state index is 15.8. The van der Waals surface area contributed by atoms with E-state index in [2.05, 4.69) is 33.6 Å². The van der Waals surface area contributed by atoms with Gasteiger partial charge in [0.2, 0.25) is 5.78 Å². The van der Waals surface area contributed by atoms with Gasteiger partial charge in [0, 0.05) is 92.2 Å². The van der Waals surface area contributed by atoms with E-state index in [1.807, 2.05) is 29.0 Å². The summed E-state index contributed by atoms with van der Waals surface area (Å²) in [7, 11) is -1.84. The molecule has 3 aliphatic rings. The molecule has 344 valence electrons. The molecule has 0 radical (unpaired) electrons. The zero-order valence-corrected chi connectivity index (χ0v) is 37.3.